The minimum atomic E-state index is 0.826. The third-order valence-corrected chi connectivity index (χ3v) is 4.11. The molecular weight excluding hydrogens is 292 g/mol. The fraction of sp³-hybridized carbons (Fsp3) is 0.600. The number of aryl methyl sites for hydroxylation is 2. The van der Waals surface area contributed by atoms with Gasteiger partial charge in [-0.2, -0.15) is 4.98 Å². The molecule has 124 valence electrons. The second-order valence-electron chi connectivity index (χ2n) is 6.18. The lowest BCUT2D eigenvalue weighted by Crippen LogP contribution is -2.47. The van der Waals surface area contributed by atoms with E-state index in [4.69, 9.17) is 0 Å². The highest BCUT2D eigenvalue weighted by molar-refractivity contribution is 5.45. The minimum absolute atomic E-state index is 0.826. The second-order valence-corrected chi connectivity index (χ2v) is 6.18. The lowest BCUT2D eigenvalue weighted by molar-refractivity contribution is 0.240. The van der Waals surface area contributed by atoms with Gasteiger partial charge in [-0.3, -0.25) is 4.90 Å². The Morgan fingerprint density at radius 2 is 1.87 bits per heavy atom. The Balaban J connectivity index is 1.64. The van der Waals surface area contributed by atoms with Crippen LogP contribution in [0.4, 0.5) is 11.8 Å². The first kappa shape index (κ1) is 15.7. The van der Waals surface area contributed by atoms with Crippen molar-refractivity contribution < 1.29 is 0 Å². The predicted octanol–water partition coefficient (Wildman–Crippen LogP) is 0.302. The van der Waals surface area contributed by atoms with Crippen LogP contribution in [-0.4, -0.2) is 69.9 Å². The summed E-state index contributed by atoms with van der Waals surface area (Å²) < 4.78 is 1.97. The van der Waals surface area contributed by atoms with Gasteiger partial charge in [0.15, 0.2) is 0 Å². The molecule has 0 atom stereocenters. The Hall–Kier alpha value is -2.22. The molecule has 8 nitrogen and oxygen atoms in total. The van der Waals surface area contributed by atoms with Gasteiger partial charge in [0.2, 0.25) is 5.95 Å². The molecule has 0 aromatic carbocycles. The molecule has 3 rings (SSSR count). The van der Waals surface area contributed by atoms with E-state index in [0.29, 0.717) is 0 Å². The average molecular weight is 316 g/mol. The van der Waals surface area contributed by atoms with Crippen molar-refractivity contribution in [3.63, 3.8) is 0 Å². The summed E-state index contributed by atoms with van der Waals surface area (Å²) in [5.41, 5.74) is 1.00. The van der Waals surface area contributed by atoms with Gasteiger partial charge in [-0.25, -0.2) is 4.98 Å². The highest BCUT2D eigenvalue weighted by atomic mass is 15.3. The van der Waals surface area contributed by atoms with Gasteiger partial charge >= 0.3 is 0 Å². The summed E-state index contributed by atoms with van der Waals surface area (Å²) in [5, 5.41) is 8.09. The standard InChI is InChI=1S/C15H24N8/c1-12-9-13(20(2)3)18-15(17-12)23-7-5-22(6-8-23)10-14-19-16-11-21(14)4/h9,11H,5-8,10H2,1-4H3. The summed E-state index contributed by atoms with van der Waals surface area (Å²) in [6.07, 6.45) is 1.74. The average Bonchev–Trinajstić information content (AvgIpc) is 2.92. The van der Waals surface area contributed by atoms with Crippen LogP contribution in [0.2, 0.25) is 0 Å². The molecule has 0 bridgehead atoms. The normalized spacial score (nSPS) is 15.9. The summed E-state index contributed by atoms with van der Waals surface area (Å²) in [6.45, 7) is 6.65. The van der Waals surface area contributed by atoms with Crippen LogP contribution in [0, 0.1) is 6.92 Å². The quantitative estimate of drug-likeness (QED) is 0.804. The van der Waals surface area contributed by atoms with Crippen LogP contribution in [0.25, 0.3) is 0 Å². The van der Waals surface area contributed by atoms with Gasteiger partial charge in [0, 0.05) is 59.1 Å². The van der Waals surface area contributed by atoms with Crippen molar-refractivity contribution >= 4 is 11.8 Å². The summed E-state index contributed by atoms with van der Waals surface area (Å²) in [5.74, 6) is 2.78. The zero-order valence-electron chi connectivity index (χ0n) is 14.3. The molecule has 23 heavy (non-hydrogen) atoms. The largest absolute Gasteiger partial charge is 0.363 e. The van der Waals surface area contributed by atoms with Crippen molar-refractivity contribution in [2.45, 2.75) is 13.5 Å². The number of nitrogens with zero attached hydrogens (tertiary/aromatic N) is 8. The first-order chi connectivity index (χ1) is 11.0. The SMILES string of the molecule is Cc1cc(N(C)C)nc(N2CCN(Cc3nncn3C)CC2)n1. The first-order valence-electron chi connectivity index (χ1n) is 7.86. The molecule has 0 unspecified atom stereocenters. The fourth-order valence-corrected chi connectivity index (χ4v) is 2.66. The number of piperazine rings is 1. The van der Waals surface area contributed by atoms with E-state index in [1.807, 2.05) is 43.6 Å². The second kappa shape index (κ2) is 6.49. The summed E-state index contributed by atoms with van der Waals surface area (Å²) in [7, 11) is 5.99. The minimum Gasteiger partial charge on any atom is -0.363 e. The van der Waals surface area contributed by atoms with Crippen molar-refractivity contribution in [3.8, 4) is 0 Å². The number of hydrogen-bond donors (Lipinski definition) is 0. The van der Waals surface area contributed by atoms with Gasteiger partial charge in [0.1, 0.15) is 18.0 Å². The molecule has 0 saturated carbocycles. The molecule has 1 saturated heterocycles. The maximum Gasteiger partial charge on any atom is 0.227 e. The van der Waals surface area contributed by atoms with Crippen molar-refractivity contribution in [2.75, 3.05) is 50.1 Å². The van der Waals surface area contributed by atoms with E-state index < -0.39 is 0 Å². The molecule has 3 heterocycles. The zero-order valence-corrected chi connectivity index (χ0v) is 14.3. The van der Waals surface area contributed by atoms with Crippen LogP contribution in [0.3, 0.4) is 0 Å². The molecule has 0 N–H and O–H groups in total. The Bertz CT molecular complexity index is 657. The molecule has 8 heteroatoms. The Morgan fingerprint density at radius 3 is 2.48 bits per heavy atom. The highest BCUT2D eigenvalue weighted by Crippen LogP contribution is 2.17. The van der Waals surface area contributed by atoms with Crippen LogP contribution in [-0.2, 0) is 13.6 Å². The molecule has 0 spiro atoms. The van der Waals surface area contributed by atoms with E-state index in [1.165, 1.54) is 0 Å². The van der Waals surface area contributed by atoms with Crippen LogP contribution in [0.1, 0.15) is 11.5 Å². The fourth-order valence-electron chi connectivity index (χ4n) is 2.66. The Labute approximate surface area is 136 Å². The van der Waals surface area contributed by atoms with E-state index in [1.54, 1.807) is 6.33 Å². The summed E-state index contributed by atoms with van der Waals surface area (Å²) in [6, 6.07) is 2.01. The third kappa shape index (κ3) is 3.58. The van der Waals surface area contributed by atoms with E-state index in [2.05, 4.69) is 30.0 Å². The lowest BCUT2D eigenvalue weighted by atomic mass is 10.3. The molecule has 1 aliphatic rings. The van der Waals surface area contributed by atoms with E-state index >= 15 is 0 Å². The van der Waals surface area contributed by atoms with Crippen LogP contribution in [0.15, 0.2) is 12.4 Å². The van der Waals surface area contributed by atoms with Crippen molar-refractivity contribution in [3.05, 3.63) is 23.9 Å². The van der Waals surface area contributed by atoms with Gasteiger partial charge in [-0.05, 0) is 6.92 Å². The first-order valence-corrected chi connectivity index (χ1v) is 7.86. The number of rotatable bonds is 4. The lowest BCUT2D eigenvalue weighted by Gasteiger charge is -2.34. The molecule has 0 aliphatic carbocycles. The topological polar surface area (TPSA) is 66.2 Å². The van der Waals surface area contributed by atoms with Gasteiger partial charge in [-0.1, -0.05) is 0 Å². The van der Waals surface area contributed by atoms with Crippen LogP contribution in [0.5, 0.6) is 0 Å². The molecule has 1 aliphatic heterocycles. The van der Waals surface area contributed by atoms with Crippen LogP contribution >= 0.6 is 0 Å². The zero-order chi connectivity index (χ0) is 16.4. The molecule has 0 radical (unpaired) electrons. The van der Waals surface area contributed by atoms with Crippen molar-refractivity contribution in [1.82, 2.24) is 29.6 Å². The van der Waals surface area contributed by atoms with Crippen molar-refractivity contribution in [2.24, 2.45) is 7.05 Å². The Kier molecular flexibility index (Phi) is 4.42. The van der Waals surface area contributed by atoms with Gasteiger partial charge in [-0.15, -0.1) is 10.2 Å². The number of hydrogen-bond acceptors (Lipinski definition) is 7. The van der Waals surface area contributed by atoms with E-state index in [-0.39, 0.29) is 0 Å². The number of anilines is 2. The smallest absolute Gasteiger partial charge is 0.227 e. The molecule has 2 aromatic rings. The molecule has 1 fully saturated rings. The monoisotopic (exact) mass is 316 g/mol. The predicted molar refractivity (Wildman–Crippen MR) is 89.6 cm³/mol. The maximum absolute atomic E-state index is 4.67. The highest BCUT2D eigenvalue weighted by Gasteiger charge is 2.21. The molecule has 2 aromatic heterocycles. The van der Waals surface area contributed by atoms with Crippen molar-refractivity contribution in [1.29, 1.82) is 0 Å². The van der Waals surface area contributed by atoms with Crippen LogP contribution < -0.4 is 9.80 Å². The third-order valence-electron chi connectivity index (χ3n) is 4.11. The van der Waals surface area contributed by atoms with E-state index in [9.17, 15) is 0 Å². The summed E-state index contributed by atoms with van der Waals surface area (Å²) >= 11 is 0. The van der Waals surface area contributed by atoms with E-state index in [0.717, 1.165) is 56.0 Å². The number of aromatic nitrogens is 5. The molecular formula is C15H24N8. The Morgan fingerprint density at radius 1 is 1.13 bits per heavy atom. The molecule has 0 amide bonds. The van der Waals surface area contributed by atoms with Gasteiger partial charge in [0.25, 0.3) is 0 Å². The maximum atomic E-state index is 4.67. The summed E-state index contributed by atoms with van der Waals surface area (Å²) in [4.78, 5) is 15.9. The van der Waals surface area contributed by atoms with Gasteiger partial charge < -0.3 is 14.4 Å². The van der Waals surface area contributed by atoms with Gasteiger partial charge in [0.05, 0.1) is 6.54 Å².